The SMILES string of the molecule is COc1cc2c(cc1OC)C1(C)C3=CC(=O)C(=O)C=C3C2(C)c2ccccc21. The van der Waals surface area contributed by atoms with Gasteiger partial charge >= 0.3 is 0 Å². The molecule has 0 spiro atoms. The second-order valence-corrected chi connectivity index (χ2v) is 7.89. The summed E-state index contributed by atoms with van der Waals surface area (Å²) in [4.78, 5) is 24.6. The molecule has 2 bridgehead atoms. The van der Waals surface area contributed by atoms with Gasteiger partial charge in [0.15, 0.2) is 11.5 Å². The number of hydrogen-bond donors (Lipinski definition) is 0. The van der Waals surface area contributed by atoms with Crippen molar-refractivity contribution in [2.24, 2.45) is 0 Å². The van der Waals surface area contributed by atoms with Gasteiger partial charge in [-0.15, -0.1) is 0 Å². The minimum Gasteiger partial charge on any atom is -0.493 e. The Balaban J connectivity index is 1.98. The Labute approximate surface area is 163 Å². The molecule has 4 aliphatic rings. The molecule has 2 atom stereocenters. The van der Waals surface area contributed by atoms with Crippen LogP contribution in [0.4, 0.5) is 0 Å². The third-order valence-corrected chi connectivity index (χ3v) is 6.77. The van der Waals surface area contributed by atoms with E-state index in [-0.39, 0.29) is 0 Å². The van der Waals surface area contributed by atoms with Gasteiger partial charge in [0.25, 0.3) is 0 Å². The van der Waals surface area contributed by atoms with Crippen LogP contribution in [0.2, 0.25) is 0 Å². The van der Waals surface area contributed by atoms with Crippen LogP contribution in [0.25, 0.3) is 0 Å². The molecular weight excluding hydrogens is 352 g/mol. The second-order valence-electron chi connectivity index (χ2n) is 7.89. The minimum atomic E-state index is -0.550. The van der Waals surface area contributed by atoms with E-state index in [1.165, 1.54) is 12.2 Å². The summed E-state index contributed by atoms with van der Waals surface area (Å²) in [6.45, 7) is 4.25. The number of allylic oxidation sites excluding steroid dienone is 4. The fourth-order valence-corrected chi connectivity index (χ4v) is 5.32. The highest BCUT2D eigenvalue weighted by molar-refractivity contribution is 6.47. The highest BCUT2D eigenvalue weighted by Crippen LogP contribution is 2.65. The zero-order chi connectivity index (χ0) is 19.8. The van der Waals surface area contributed by atoms with Crippen molar-refractivity contribution < 1.29 is 19.1 Å². The molecule has 0 heterocycles. The maximum atomic E-state index is 12.3. The Kier molecular flexibility index (Phi) is 3.17. The van der Waals surface area contributed by atoms with E-state index in [0.29, 0.717) is 11.5 Å². The van der Waals surface area contributed by atoms with E-state index >= 15 is 0 Å². The summed E-state index contributed by atoms with van der Waals surface area (Å²) in [5.74, 6) is 0.382. The predicted octanol–water partition coefficient (Wildman–Crippen LogP) is 3.65. The molecule has 0 fully saturated rings. The van der Waals surface area contributed by atoms with Crippen molar-refractivity contribution in [3.8, 4) is 11.5 Å². The molecule has 140 valence electrons. The average Bonchev–Trinajstić information content (AvgIpc) is 2.71. The second kappa shape index (κ2) is 5.22. The van der Waals surface area contributed by atoms with Gasteiger partial charge in [0.05, 0.1) is 14.2 Å². The third-order valence-electron chi connectivity index (χ3n) is 6.77. The lowest BCUT2D eigenvalue weighted by molar-refractivity contribution is -0.131. The van der Waals surface area contributed by atoms with Crippen molar-refractivity contribution in [2.45, 2.75) is 24.7 Å². The van der Waals surface area contributed by atoms with Crippen LogP contribution in [0, 0.1) is 0 Å². The first-order valence-electron chi connectivity index (χ1n) is 9.27. The number of ether oxygens (including phenoxy) is 2. The third kappa shape index (κ3) is 1.71. The fourth-order valence-electron chi connectivity index (χ4n) is 5.32. The molecule has 0 aromatic heterocycles. The summed E-state index contributed by atoms with van der Waals surface area (Å²) in [5.41, 5.74) is 5.17. The van der Waals surface area contributed by atoms with E-state index in [1.807, 2.05) is 24.3 Å². The number of carbonyl (C=O) groups excluding carboxylic acids is 2. The zero-order valence-corrected chi connectivity index (χ0v) is 16.3. The van der Waals surface area contributed by atoms with Gasteiger partial charge < -0.3 is 9.47 Å². The molecule has 2 aromatic carbocycles. The van der Waals surface area contributed by atoms with Crippen LogP contribution in [0.3, 0.4) is 0 Å². The molecule has 0 amide bonds. The van der Waals surface area contributed by atoms with Gasteiger partial charge in [-0.25, -0.2) is 0 Å². The fraction of sp³-hybridized carbons (Fsp3) is 0.250. The van der Waals surface area contributed by atoms with Crippen molar-refractivity contribution in [1.29, 1.82) is 0 Å². The number of ketones is 2. The van der Waals surface area contributed by atoms with E-state index in [9.17, 15) is 9.59 Å². The Morgan fingerprint density at radius 1 is 0.679 bits per heavy atom. The molecule has 0 N–H and O–H groups in total. The van der Waals surface area contributed by atoms with Gasteiger partial charge in [-0.3, -0.25) is 9.59 Å². The average molecular weight is 372 g/mol. The molecule has 4 aliphatic carbocycles. The first-order chi connectivity index (χ1) is 13.4. The molecule has 0 aliphatic heterocycles. The van der Waals surface area contributed by atoms with Crippen molar-refractivity contribution in [2.75, 3.05) is 14.2 Å². The monoisotopic (exact) mass is 372 g/mol. The van der Waals surface area contributed by atoms with Crippen LogP contribution in [0.5, 0.6) is 11.5 Å². The van der Waals surface area contributed by atoms with E-state index < -0.39 is 22.4 Å². The molecule has 6 rings (SSSR count). The maximum absolute atomic E-state index is 12.3. The highest BCUT2D eigenvalue weighted by atomic mass is 16.5. The van der Waals surface area contributed by atoms with Crippen LogP contribution < -0.4 is 9.47 Å². The summed E-state index contributed by atoms with van der Waals surface area (Å²) in [5, 5.41) is 0. The standard InChI is InChI=1S/C24H20O4/c1-23-13-7-5-6-8-14(13)24(2,16-10-20(26)19(25)9-15(16)23)18-12-22(28-4)21(27-3)11-17(18)23/h5-12H,1-4H3. The summed E-state index contributed by atoms with van der Waals surface area (Å²) in [6, 6.07) is 12.3. The Hall–Kier alpha value is -3.14. The summed E-state index contributed by atoms with van der Waals surface area (Å²) in [7, 11) is 3.24. The van der Waals surface area contributed by atoms with Gasteiger partial charge in [0.2, 0.25) is 11.6 Å². The molecule has 4 heteroatoms. The lowest BCUT2D eigenvalue weighted by Crippen LogP contribution is -2.51. The summed E-state index contributed by atoms with van der Waals surface area (Å²) < 4.78 is 11.1. The van der Waals surface area contributed by atoms with Crippen molar-refractivity contribution >= 4 is 11.6 Å². The van der Waals surface area contributed by atoms with Gasteiger partial charge in [0.1, 0.15) is 0 Å². The van der Waals surface area contributed by atoms with Crippen LogP contribution in [-0.2, 0) is 20.4 Å². The predicted molar refractivity (Wildman–Crippen MR) is 105 cm³/mol. The van der Waals surface area contributed by atoms with E-state index in [0.717, 1.165) is 33.4 Å². The maximum Gasteiger partial charge on any atom is 0.226 e. The van der Waals surface area contributed by atoms with Gasteiger partial charge in [-0.1, -0.05) is 24.3 Å². The largest absolute Gasteiger partial charge is 0.493 e. The van der Waals surface area contributed by atoms with Gasteiger partial charge in [0, 0.05) is 10.8 Å². The molecule has 2 aromatic rings. The molecule has 28 heavy (non-hydrogen) atoms. The van der Waals surface area contributed by atoms with Gasteiger partial charge in [-0.2, -0.15) is 0 Å². The van der Waals surface area contributed by atoms with E-state index in [4.69, 9.17) is 9.47 Å². The molecule has 0 saturated heterocycles. The van der Waals surface area contributed by atoms with E-state index in [2.05, 4.69) is 26.0 Å². The smallest absolute Gasteiger partial charge is 0.226 e. The van der Waals surface area contributed by atoms with Crippen molar-refractivity contribution in [1.82, 2.24) is 0 Å². The molecule has 4 nitrogen and oxygen atoms in total. The summed E-state index contributed by atoms with van der Waals surface area (Å²) in [6.07, 6.45) is 3.07. The molecular formula is C24H20O4. The Morgan fingerprint density at radius 3 is 1.43 bits per heavy atom. The first kappa shape index (κ1) is 17.0. The van der Waals surface area contributed by atoms with Crippen molar-refractivity contribution in [3.63, 3.8) is 0 Å². The van der Waals surface area contributed by atoms with Gasteiger partial charge in [-0.05, 0) is 71.5 Å². The van der Waals surface area contributed by atoms with Crippen LogP contribution in [0.1, 0.15) is 36.1 Å². The topological polar surface area (TPSA) is 52.6 Å². The highest BCUT2D eigenvalue weighted by Gasteiger charge is 2.58. The number of rotatable bonds is 2. The Morgan fingerprint density at radius 2 is 1.07 bits per heavy atom. The number of benzene rings is 2. The van der Waals surface area contributed by atoms with Crippen LogP contribution >= 0.6 is 0 Å². The molecule has 2 unspecified atom stereocenters. The minimum absolute atomic E-state index is 0.462. The zero-order valence-electron chi connectivity index (χ0n) is 16.3. The lowest BCUT2D eigenvalue weighted by atomic mass is 9.45. The Bertz CT molecular complexity index is 1060. The van der Waals surface area contributed by atoms with Crippen LogP contribution in [-0.4, -0.2) is 25.8 Å². The first-order valence-corrected chi connectivity index (χ1v) is 9.27. The molecule has 0 saturated carbocycles. The van der Waals surface area contributed by atoms with Crippen LogP contribution in [0.15, 0.2) is 59.7 Å². The lowest BCUT2D eigenvalue weighted by Gasteiger charge is -2.56. The normalized spacial score (nSPS) is 26.7. The number of carbonyl (C=O) groups is 2. The number of methoxy groups -OCH3 is 2. The van der Waals surface area contributed by atoms with Crippen molar-refractivity contribution in [3.05, 3.63) is 82.0 Å². The number of hydrogen-bond acceptors (Lipinski definition) is 4. The molecule has 0 radical (unpaired) electrons. The van der Waals surface area contributed by atoms with E-state index in [1.54, 1.807) is 14.2 Å². The quantitative estimate of drug-likeness (QED) is 0.597. The summed E-state index contributed by atoms with van der Waals surface area (Å²) >= 11 is 0.